The summed E-state index contributed by atoms with van der Waals surface area (Å²) in [6.07, 6.45) is 1.17. The molecule has 0 aliphatic heterocycles. The Morgan fingerprint density at radius 2 is 1.95 bits per heavy atom. The Morgan fingerprint density at radius 1 is 1.20 bits per heavy atom. The third kappa shape index (κ3) is 3.30. The topological polar surface area (TPSA) is 59.1 Å². The second kappa shape index (κ2) is 5.82. The van der Waals surface area contributed by atoms with Crippen LogP contribution in [0.1, 0.15) is 5.56 Å². The van der Waals surface area contributed by atoms with Gasteiger partial charge in [0, 0.05) is 12.7 Å². The summed E-state index contributed by atoms with van der Waals surface area (Å²) < 4.78 is 52.2. The van der Waals surface area contributed by atoms with Crippen LogP contribution in [0.2, 0.25) is 5.02 Å². The number of sulfonamides is 1. The van der Waals surface area contributed by atoms with Gasteiger partial charge in [0.1, 0.15) is 5.82 Å². The monoisotopic (exact) mass is 318 g/mol. The lowest BCUT2D eigenvalue weighted by Crippen LogP contribution is -2.25. The van der Waals surface area contributed by atoms with Crippen molar-refractivity contribution in [2.45, 2.75) is 11.6 Å². The van der Waals surface area contributed by atoms with Crippen LogP contribution in [0.25, 0.3) is 0 Å². The highest BCUT2D eigenvalue weighted by Gasteiger charge is 2.20. The van der Waals surface area contributed by atoms with Gasteiger partial charge in [-0.2, -0.15) is 0 Å². The molecule has 0 spiro atoms. The van der Waals surface area contributed by atoms with Gasteiger partial charge in [-0.05, 0) is 29.8 Å². The molecule has 0 aliphatic rings. The SMILES string of the molecule is O=S(=O)(NCc1ccc(F)c(Cl)c1)c1ncccc1F. The number of aromatic nitrogens is 1. The fourth-order valence-corrected chi connectivity index (χ4v) is 2.69. The molecule has 4 nitrogen and oxygen atoms in total. The van der Waals surface area contributed by atoms with Gasteiger partial charge in [-0.1, -0.05) is 17.7 Å². The van der Waals surface area contributed by atoms with E-state index in [1.807, 2.05) is 0 Å². The van der Waals surface area contributed by atoms with Crippen LogP contribution in [-0.4, -0.2) is 13.4 Å². The van der Waals surface area contributed by atoms with Crippen LogP contribution in [-0.2, 0) is 16.6 Å². The first-order valence-corrected chi connectivity index (χ1v) is 7.30. The van der Waals surface area contributed by atoms with Crippen LogP contribution in [0.4, 0.5) is 8.78 Å². The molecule has 0 atom stereocenters. The molecule has 0 radical (unpaired) electrons. The van der Waals surface area contributed by atoms with Crippen molar-refractivity contribution in [2.24, 2.45) is 0 Å². The van der Waals surface area contributed by atoms with Gasteiger partial charge in [0.2, 0.25) is 5.03 Å². The van der Waals surface area contributed by atoms with Crippen molar-refractivity contribution in [1.82, 2.24) is 9.71 Å². The molecule has 0 fully saturated rings. The summed E-state index contributed by atoms with van der Waals surface area (Å²) in [4.78, 5) is 3.48. The van der Waals surface area contributed by atoms with E-state index in [-0.39, 0.29) is 11.6 Å². The molecule has 20 heavy (non-hydrogen) atoms. The lowest BCUT2D eigenvalue weighted by molar-refractivity contribution is 0.544. The maximum Gasteiger partial charge on any atom is 0.261 e. The largest absolute Gasteiger partial charge is 0.261 e. The third-order valence-electron chi connectivity index (χ3n) is 2.43. The zero-order valence-electron chi connectivity index (χ0n) is 9.98. The summed E-state index contributed by atoms with van der Waals surface area (Å²) >= 11 is 5.58. The van der Waals surface area contributed by atoms with E-state index in [4.69, 9.17) is 11.6 Å². The summed E-state index contributed by atoms with van der Waals surface area (Å²) in [7, 11) is -4.09. The molecular weight excluding hydrogens is 310 g/mol. The van der Waals surface area contributed by atoms with Crippen molar-refractivity contribution < 1.29 is 17.2 Å². The number of hydrogen-bond acceptors (Lipinski definition) is 3. The minimum atomic E-state index is -4.09. The second-order valence-corrected chi connectivity index (χ2v) is 5.95. The predicted molar refractivity (Wildman–Crippen MR) is 69.6 cm³/mol. The highest BCUT2D eigenvalue weighted by atomic mass is 35.5. The van der Waals surface area contributed by atoms with Gasteiger partial charge in [0.15, 0.2) is 5.82 Å². The average molecular weight is 319 g/mol. The Kier molecular flexibility index (Phi) is 4.32. The lowest BCUT2D eigenvalue weighted by atomic mass is 10.2. The first kappa shape index (κ1) is 14.8. The van der Waals surface area contributed by atoms with E-state index in [2.05, 4.69) is 9.71 Å². The van der Waals surface area contributed by atoms with Crippen molar-refractivity contribution in [2.75, 3.05) is 0 Å². The number of halogens is 3. The number of pyridine rings is 1. The lowest BCUT2D eigenvalue weighted by Gasteiger charge is -2.07. The Bertz CT molecular complexity index is 738. The highest BCUT2D eigenvalue weighted by Crippen LogP contribution is 2.16. The van der Waals surface area contributed by atoms with Gasteiger partial charge in [-0.3, -0.25) is 0 Å². The van der Waals surface area contributed by atoms with Crippen molar-refractivity contribution in [3.8, 4) is 0 Å². The quantitative estimate of drug-likeness (QED) is 0.942. The Balaban J connectivity index is 2.17. The smallest absolute Gasteiger partial charge is 0.241 e. The van der Waals surface area contributed by atoms with E-state index in [1.165, 1.54) is 24.4 Å². The van der Waals surface area contributed by atoms with Gasteiger partial charge < -0.3 is 0 Å². The van der Waals surface area contributed by atoms with Crippen LogP contribution in [0.5, 0.6) is 0 Å². The molecule has 2 aromatic rings. The van der Waals surface area contributed by atoms with Crippen molar-refractivity contribution in [3.63, 3.8) is 0 Å². The Hall–Kier alpha value is -1.57. The second-order valence-electron chi connectivity index (χ2n) is 3.86. The van der Waals surface area contributed by atoms with Gasteiger partial charge in [0.05, 0.1) is 5.02 Å². The van der Waals surface area contributed by atoms with Crippen LogP contribution in [0.3, 0.4) is 0 Å². The van der Waals surface area contributed by atoms with Crippen molar-refractivity contribution in [3.05, 3.63) is 58.7 Å². The zero-order chi connectivity index (χ0) is 14.8. The molecule has 1 N–H and O–H groups in total. The van der Waals surface area contributed by atoms with E-state index in [9.17, 15) is 17.2 Å². The minimum Gasteiger partial charge on any atom is -0.241 e. The number of nitrogens with zero attached hydrogens (tertiary/aromatic N) is 1. The fourth-order valence-electron chi connectivity index (χ4n) is 1.47. The van der Waals surface area contributed by atoms with E-state index < -0.39 is 26.7 Å². The first-order valence-electron chi connectivity index (χ1n) is 5.44. The molecular formula is C12H9ClF2N2O2S. The maximum atomic E-state index is 13.4. The molecule has 2 rings (SSSR count). The summed E-state index contributed by atoms with van der Waals surface area (Å²) in [5.74, 6) is -1.55. The van der Waals surface area contributed by atoms with Crippen LogP contribution in [0.15, 0.2) is 41.6 Å². The summed E-state index contributed by atoms with van der Waals surface area (Å²) in [5.41, 5.74) is 0.441. The number of benzene rings is 1. The Labute approximate surface area is 119 Å². The van der Waals surface area contributed by atoms with Crippen LogP contribution >= 0.6 is 11.6 Å². The molecule has 0 saturated carbocycles. The van der Waals surface area contributed by atoms with E-state index in [0.717, 1.165) is 12.1 Å². The standard InChI is InChI=1S/C12H9ClF2N2O2S/c13-9-6-8(3-4-10(9)14)7-17-20(18,19)12-11(15)2-1-5-16-12/h1-6,17H,7H2. The van der Waals surface area contributed by atoms with Crippen LogP contribution in [0, 0.1) is 11.6 Å². The molecule has 0 amide bonds. The van der Waals surface area contributed by atoms with E-state index in [1.54, 1.807) is 0 Å². The molecule has 0 unspecified atom stereocenters. The fraction of sp³-hybridized carbons (Fsp3) is 0.0833. The Morgan fingerprint density at radius 3 is 2.60 bits per heavy atom. The number of rotatable bonds is 4. The zero-order valence-corrected chi connectivity index (χ0v) is 11.5. The minimum absolute atomic E-state index is 0.120. The van der Waals surface area contributed by atoms with Crippen molar-refractivity contribution in [1.29, 1.82) is 0 Å². The predicted octanol–water partition coefficient (Wildman–Crippen LogP) is 2.49. The van der Waals surface area contributed by atoms with Crippen LogP contribution < -0.4 is 4.72 Å². The summed E-state index contributed by atoms with van der Waals surface area (Å²) in [6, 6.07) is 6.06. The average Bonchev–Trinajstić information content (AvgIpc) is 2.40. The molecule has 0 aliphatic carbocycles. The molecule has 106 valence electrons. The van der Waals surface area contributed by atoms with Gasteiger partial charge in [0.25, 0.3) is 10.0 Å². The molecule has 1 heterocycles. The summed E-state index contributed by atoms with van der Waals surface area (Å²) in [6.45, 7) is -0.154. The van der Waals surface area contributed by atoms with Gasteiger partial charge in [-0.15, -0.1) is 0 Å². The van der Waals surface area contributed by atoms with Gasteiger partial charge >= 0.3 is 0 Å². The molecule has 8 heteroatoms. The van der Waals surface area contributed by atoms with E-state index >= 15 is 0 Å². The maximum absolute atomic E-state index is 13.4. The summed E-state index contributed by atoms with van der Waals surface area (Å²) in [5, 5.41) is -0.807. The molecule has 1 aromatic carbocycles. The molecule has 0 saturated heterocycles. The van der Waals surface area contributed by atoms with E-state index in [0.29, 0.717) is 5.56 Å². The normalized spacial score (nSPS) is 11.6. The first-order chi connectivity index (χ1) is 9.40. The molecule has 0 bridgehead atoms. The van der Waals surface area contributed by atoms with Gasteiger partial charge in [-0.25, -0.2) is 26.9 Å². The number of hydrogen-bond donors (Lipinski definition) is 1. The van der Waals surface area contributed by atoms with Crippen molar-refractivity contribution >= 4 is 21.6 Å². The molecule has 1 aromatic heterocycles. The third-order valence-corrected chi connectivity index (χ3v) is 4.05. The highest BCUT2D eigenvalue weighted by molar-refractivity contribution is 7.89. The number of nitrogens with one attached hydrogen (secondary N) is 1.